The smallest absolute Gasteiger partial charge is 0.416 e. The van der Waals surface area contributed by atoms with Crippen LogP contribution in [0.15, 0.2) is 42.6 Å². The second-order valence-corrected chi connectivity index (χ2v) is 7.93. The number of carbonyl (C=O) groups excluding carboxylic acids is 1. The number of benzene rings is 1. The van der Waals surface area contributed by atoms with Gasteiger partial charge in [0.05, 0.1) is 16.5 Å². The van der Waals surface area contributed by atoms with Crippen molar-refractivity contribution in [1.29, 1.82) is 0 Å². The molecule has 1 aromatic heterocycles. The second kappa shape index (κ2) is 7.86. The van der Waals surface area contributed by atoms with E-state index in [0.29, 0.717) is 37.4 Å². The number of halogens is 4. The van der Waals surface area contributed by atoms with E-state index in [-0.39, 0.29) is 11.7 Å². The van der Waals surface area contributed by atoms with Crippen LogP contribution in [0.2, 0.25) is 5.02 Å². The van der Waals surface area contributed by atoms with Gasteiger partial charge in [0.15, 0.2) is 0 Å². The third-order valence-corrected chi connectivity index (χ3v) is 5.74. The zero-order valence-electron chi connectivity index (χ0n) is 15.5. The third-order valence-electron chi connectivity index (χ3n) is 5.52. The third kappa shape index (κ3) is 4.50. The molecule has 0 amide bonds. The van der Waals surface area contributed by atoms with Gasteiger partial charge >= 0.3 is 12.1 Å². The maximum Gasteiger partial charge on any atom is 0.416 e. The van der Waals surface area contributed by atoms with E-state index in [9.17, 15) is 18.0 Å². The van der Waals surface area contributed by atoms with E-state index in [1.165, 1.54) is 12.1 Å². The summed E-state index contributed by atoms with van der Waals surface area (Å²) in [5.74, 6) is -0.478. The van der Waals surface area contributed by atoms with Gasteiger partial charge < -0.3 is 9.64 Å². The normalized spacial score (nSPS) is 22.4. The van der Waals surface area contributed by atoms with Crippen LogP contribution >= 0.6 is 11.6 Å². The Morgan fingerprint density at radius 1 is 1.14 bits per heavy atom. The molecule has 2 aromatic rings. The summed E-state index contributed by atoms with van der Waals surface area (Å²) < 4.78 is 45.2. The molecule has 0 bridgehead atoms. The molecule has 1 aliphatic carbocycles. The molecule has 0 spiro atoms. The number of carbonyl (C=O) groups is 1. The van der Waals surface area contributed by atoms with Gasteiger partial charge in [-0.3, -0.25) is 4.79 Å². The molecule has 2 aliphatic rings. The van der Waals surface area contributed by atoms with Crippen LogP contribution in [0.1, 0.15) is 36.3 Å². The van der Waals surface area contributed by atoms with Crippen LogP contribution in [0.5, 0.6) is 0 Å². The summed E-state index contributed by atoms with van der Waals surface area (Å²) in [7, 11) is 0. The number of piperidine rings is 1. The molecule has 1 saturated heterocycles. The van der Waals surface area contributed by atoms with E-state index in [1.54, 1.807) is 18.3 Å². The Bertz CT molecular complexity index is 880. The van der Waals surface area contributed by atoms with Crippen molar-refractivity contribution in [3.63, 3.8) is 0 Å². The summed E-state index contributed by atoms with van der Waals surface area (Å²) >= 11 is 5.86. The number of nitrogens with zero attached hydrogens (tertiary/aromatic N) is 2. The average Bonchev–Trinajstić information content (AvgIpc) is 3.50. The number of ether oxygens (including phenoxy) is 1. The molecular formula is C21H20ClF3N2O2. The van der Waals surface area contributed by atoms with Crippen LogP contribution in [-0.4, -0.2) is 30.1 Å². The monoisotopic (exact) mass is 424 g/mol. The van der Waals surface area contributed by atoms with Gasteiger partial charge in [0.25, 0.3) is 0 Å². The molecular weight excluding hydrogens is 405 g/mol. The number of hydrogen-bond donors (Lipinski definition) is 0. The Hall–Kier alpha value is -2.28. The van der Waals surface area contributed by atoms with Gasteiger partial charge in [-0.1, -0.05) is 29.8 Å². The Morgan fingerprint density at radius 3 is 2.52 bits per heavy atom. The molecule has 8 heteroatoms. The standard InChI is InChI=1S/C21H20ClF3N2O2/c22-13-5-6-19(26-12-13)27-9-7-14(8-10-27)29-20(28)17-11-16(17)15-3-1-2-4-18(15)21(23,24)25/h1-6,12,14,16-17H,7-11H2/t16-,17-/m0/s1. The van der Waals surface area contributed by atoms with Crippen molar-refractivity contribution in [1.82, 2.24) is 4.98 Å². The molecule has 0 unspecified atom stereocenters. The molecule has 1 aromatic carbocycles. The van der Waals surface area contributed by atoms with E-state index in [4.69, 9.17) is 16.3 Å². The number of anilines is 1. The highest BCUT2D eigenvalue weighted by Gasteiger charge is 2.49. The molecule has 29 heavy (non-hydrogen) atoms. The van der Waals surface area contributed by atoms with Crippen LogP contribution in [0.3, 0.4) is 0 Å². The maximum atomic E-state index is 13.2. The summed E-state index contributed by atoms with van der Waals surface area (Å²) in [5.41, 5.74) is -0.477. The quantitative estimate of drug-likeness (QED) is 0.643. The molecule has 4 rings (SSSR count). The minimum Gasteiger partial charge on any atom is -0.462 e. The number of aromatic nitrogens is 1. The molecule has 0 radical (unpaired) electrons. The summed E-state index contributed by atoms with van der Waals surface area (Å²) in [5, 5.41) is 0.573. The predicted molar refractivity (Wildman–Crippen MR) is 103 cm³/mol. The van der Waals surface area contributed by atoms with Crippen molar-refractivity contribution >= 4 is 23.4 Å². The molecule has 1 saturated carbocycles. The maximum absolute atomic E-state index is 13.2. The zero-order chi connectivity index (χ0) is 20.6. The molecule has 4 nitrogen and oxygen atoms in total. The largest absolute Gasteiger partial charge is 0.462 e. The van der Waals surface area contributed by atoms with Crippen molar-refractivity contribution < 1.29 is 22.7 Å². The van der Waals surface area contributed by atoms with Gasteiger partial charge in [0.2, 0.25) is 0 Å². The molecule has 2 fully saturated rings. The van der Waals surface area contributed by atoms with Crippen LogP contribution in [0.25, 0.3) is 0 Å². The highest BCUT2D eigenvalue weighted by atomic mass is 35.5. The van der Waals surface area contributed by atoms with Crippen molar-refractivity contribution in [3.05, 3.63) is 58.7 Å². The first-order valence-electron chi connectivity index (χ1n) is 9.56. The first kappa shape index (κ1) is 20.0. The second-order valence-electron chi connectivity index (χ2n) is 7.49. The minimum absolute atomic E-state index is 0.186. The fraction of sp³-hybridized carbons (Fsp3) is 0.429. The highest BCUT2D eigenvalue weighted by Crippen LogP contribution is 2.51. The Kier molecular flexibility index (Phi) is 5.42. The Labute approximate surface area is 171 Å². The molecule has 2 atom stereocenters. The fourth-order valence-corrected chi connectivity index (χ4v) is 4.00. The molecule has 2 heterocycles. The summed E-state index contributed by atoms with van der Waals surface area (Å²) in [6, 6.07) is 9.09. The molecule has 154 valence electrons. The van der Waals surface area contributed by atoms with Gasteiger partial charge in [0, 0.05) is 32.1 Å². The summed E-state index contributed by atoms with van der Waals surface area (Å²) in [6.07, 6.45) is -1.32. The van der Waals surface area contributed by atoms with Crippen molar-refractivity contribution in [2.45, 2.75) is 37.5 Å². The van der Waals surface area contributed by atoms with Gasteiger partial charge in [0.1, 0.15) is 11.9 Å². The van der Waals surface area contributed by atoms with Crippen LogP contribution in [-0.2, 0) is 15.7 Å². The lowest BCUT2D eigenvalue weighted by Gasteiger charge is -2.32. The van der Waals surface area contributed by atoms with Crippen LogP contribution in [0.4, 0.5) is 19.0 Å². The number of hydrogen-bond acceptors (Lipinski definition) is 4. The van der Waals surface area contributed by atoms with Gasteiger partial charge in [-0.05, 0) is 36.1 Å². The topological polar surface area (TPSA) is 42.4 Å². The van der Waals surface area contributed by atoms with E-state index in [1.807, 2.05) is 6.07 Å². The number of rotatable bonds is 4. The lowest BCUT2D eigenvalue weighted by atomic mass is 10.0. The fourth-order valence-electron chi connectivity index (χ4n) is 3.89. The van der Waals surface area contributed by atoms with E-state index >= 15 is 0 Å². The first-order chi connectivity index (χ1) is 13.8. The average molecular weight is 425 g/mol. The van der Waals surface area contributed by atoms with Gasteiger partial charge in [-0.2, -0.15) is 13.2 Å². The van der Waals surface area contributed by atoms with Crippen molar-refractivity contribution in [3.8, 4) is 0 Å². The molecule has 0 N–H and O–H groups in total. The Balaban J connectivity index is 1.31. The van der Waals surface area contributed by atoms with E-state index < -0.39 is 29.5 Å². The van der Waals surface area contributed by atoms with E-state index in [0.717, 1.165) is 11.9 Å². The summed E-state index contributed by atoms with van der Waals surface area (Å²) in [6.45, 7) is 1.38. The minimum atomic E-state index is -4.42. The van der Waals surface area contributed by atoms with Gasteiger partial charge in [-0.25, -0.2) is 4.98 Å². The van der Waals surface area contributed by atoms with Crippen LogP contribution in [0, 0.1) is 5.92 Å². The SMILES string of the molecule is O=C(OC1CCN(c2ccc(Cl)cn2)CC1)[C@H]1C[C@H]1c1ccccc1C(F)(F)F. The number of alkyl halides is 3. The molecule has 1 aliphatic heterocycles. The first-order valence-corrected chi connectivity index (χ1v) is 9.94. The predicted octanol–water partition coefficient (Wildman–Crippen LogP) is 5.07. The highest BCUT2D eigenvalue weighted by molar-refractivity contribution is 6.30. The van der Waals surface area contributed by atoms with Crippen molar-refractivity contribution in [2.24, 2.45) is 5.92 Å². The zero-order valence-corrected chi connectivity index (χ0v) is 16.3. The van der Waals surface area contributed by atoms with Crippen molar-refractivity contribution in [2.75, 3.05) is 18.0 Å². The van der Waals surface area contributed by atoms with Gasteiger partial charge in [-0.15, -0.1) is 0 Å². The van der Waals surface area contributed by atoms with E-state index in [2.05, 4.69) is 9.88 Å². The Morgan fingerprint density at radius 2 is 1.86 bits per heavy atom. The summed E-state index contributed by atoms with van der Waals surface area (Å²) in [4.78, 5) is 18.9. The number of esters is 1. The lowest BCUT2D eigenvalue weighted by Crippen LogP contribution is -2.38. The number of pyridine rings is 1. The lowest BCUT2D eigenvalue weighted by molar-refractivity contribution is -0.152. The van der Waals surface area contributed by atoms with Crippen LogP contribution < -0.4 is 4.90 Å².